The number of fused-ring (bicyclic) bond motifs is 1. The van der Waals surface area contributed by atoms with Gasteiger partial charge in [-0.3, -0.25) is 14.7 Å². The van der Waals surface area contributed by atoms with E-state index in [-0.39, 0.29) is 11.6 Å². The van der Waals surface area contributed by atoms with Crippen molar-refractivity contribution in [3.8, 4) is 0 Å². The number of aromatic amines is 1. The second-order valence-electron chi connectivity index (χ2n) is 9.97. The molecule has 1 aliphatic carbocycles. The molecule has 3 aromatic rings. The van der Waals surface area contributed by atoms with Gasteiger partial charge in [0.15, 0.2) is 6.17 Å². The fraction of sp³-hybridized carbons (Fsp3) is 0.345. The maximum absolute atomic E-state index is 13.8. The molecule has 5 rings (SSSR count). The Balaban J connectivity index is 1.21. The monoisotopic (exact) mass is 503 g/mol. The number of hydrogen-bond donors (Lipinski definition) is 1. The van der Waals surface area contributed by atoms with E-state index in [0.29, 0.717) is 19.5 Å². The van der Waals surface area contributed by atoms with E-state index < -0.39 is 17.9 Å². The van der Waals surface area contributed by atoms with Crippen molar-refractivity contribution < 1.29 is 8.78 Å². The fourth-order valence-corrected chi connectivity index (χ4v) is 4.91. The predicted molar refractivity (Wildman–Crippen MR) is 144 cm³/mol. The lowest BCUT2D eigenvalue weighted by Gasteiger charge is -2.18. The Morgan fingerprint density at radius 3 is 2.95 bits per heavy atom. The number of alkyl halides is 1. The van der Waals surface area contributed by atoms with Gasteiger partial charge >= 0.3 is 0 Å². The molecule has 1 fully saturated rings. The van der Waals surface area contributed by atoms with E-state index in [4.69, 9.17) is 0 Å². The lowest BCUT2D eigenvalue weighted by Crippen LogP contribution is -2.24. The molecule has 1 N–H and O–H groups in total. The number of nitrogens with zero attached hydrogens (tertiary/aromatic N) is 4. The Morgan fingerprint density at radius 2 is 2.14 bits per heavy atom. The molecule has 0 spiro atoms. The number of hydrogen-bond acceptors (Lipinski definition) is 4. The number of halogens is 2. The van der Waals surface area contributed by atoms with Gasteiger partial charge in [0.1, 0.15) is 11.5 Å². The molecule has 0 bridgehead atoms. The first kappa shape index (κ1) is 25.0. The smallest absolute Gasteiger partial charge is 0.255 e. The summed E-state index contributed by atoms with van der Waals surface area (Å²) < 4.78 is 29.1. The van der Waals surface area contributed by atoms with Gasteiger partial charge in [-0.25, -0.2) is 13.8 Å². The van der Waals surface area contributed by atoms with Gasteiger partial charge in [0, 0.05) is 72.6 Å². The zero-order chi connectivity index (χ0) is 26.1. The molecule has 3 aromatic heterocycles. The third-order valence-electron chi connectivity index (χ3n) is 7.08. The molecule has 192 valence electrons. The summed E-state index contributed by atoms with van der Waals surface area (Å²) >= 11 is 0. The van der Waals surface area contributed by atoms with Crippen molar-refractivity contribution in [1.29, 1.82) is 0 Å². The highest BCUT2D eigenvalue weighted by Gasteiger charge is 2.37. The van der Waals surface area contributed by atoms with Gasteiger partial charge in [0.2, 0.25) is 0 Å². The van der Waals surface area contributed by atoms with E-state index in [1.54, 1.807) is 30.0 Å². The minimum Gasteiger partial charge on any atom is -0.346 e. The number of aliphatic imine (C=N–C) groups is 1. The third-order valence-corrected chi connectivity index (χ3v) is 7.08. The number of pyridine rings is 2. The average Bonchev–Trinajstić information content (AvgIpc) is 3.50. The molecule has 0 aromatic carbocycles. The maximum Gasteiger partial charge on any atom is 0.255 e. The molecular formula is C29H31F2N5O. The largest absolute Gasteiger partial charge is 0.346 e. The van der Waals surface area contributed by atoms with Crippen LogP contribution < -0.4 is 5.56 Å². The Morgan fingerprint density at radius 1 is 1.30 bits per heavy atom. The van der Waals surface area contributed by atoms with E-state index in [1.807, 2.05) is 50.5 Å². The number of H-pyrrole nitrogens is 1. The van der Waals surface area contributed by atoms with E-state index in [9.17, 15) is 13.6 Å². The Hall–Kier alpha value is -3.65. The van der Waals surface area contributed by atoms with Crippen LogP contribution in [0.1, 0.15) is 44.4 Å². The normalized spacial score (nSPS) is 24.2. The van der Waals surface area contributed by atoms with Crippen molar-refractivity contribution in [2.75, 3.05) is 13.1 Å². The number of nitrogens with one attached hydrogen (secondary N) is 1. The SMILES string of the molecule is CC(CN1CC1c1cccn(CCC2=CC(C)C(F)C(F)=C2)c1=O)=N/C=C(\C)c1c[nH]c2ncccc12. The Kier molecular flexibility index (Phi) is 7.02. The van der Waals surface area contributed by atoms with Crippen LogP contribution in [0.2, 0.25) is 0 Å². The van der Waals surface area contributed by atoms with Gasteiger partial charge < -0.3 is 9.55 Å². The molecule has 0 amide bonds. The second kappa shape index (κ2) is 10.4. The zero-order valence-electron chi connectivity index (χ0n) is 21.3. The van der Waals surface area contributed by atoms with Crippen molar-refractivity contribution in [3.63, 3.8) is 0 Å². The van der Waals surface area contributed by atoms with E-state index >= 15 is 0 Å². The molecule has 37 heavy (non-hydrogen) atoms. The van der Waals surface area contributed by atoms with E-state index in [1.165, 1.54) is 6.08 Å². The van der Waals surface area contributed by atoms with Crippen LogP contribution in [0.5, 0.6) is 0 Å². The number of rotatable bonds is 8. The standard InChI is InChI=1S/C29H31F2N5O/c1-18-12-21(13-25(30)27(18)31)8-11-35-10-5-7-23(29(35)37)26-17-36(26)16-20(3)33-14-19(2)24-15-34-28-22(24)6-4-9-32-28/h4-7,9-10,12-15,18,26-27H,8,11,16-17H2,1-3H3,(H,32,34)/b19-14+,33-20?. The quantitative estimate of drug-likeness (QED) is 0.314. The minimum absolute atomic E-state index is 0.0365. The summed E-state index contributed by atoms with van der Waals surface area (Å²) in [5, 5.41) is 1.07. The maximum atomic E-state index is 13.8. The van der Waals surface area contributed by atoms with Crippen molar-refractivity contribution in [2.45, 2.75) is 46.0 Å². The molecule has 1 aliphatic heterocycles. The van der Waals surface area contributed by atoms with E-state index in [0.717, 1.165) is 45.6 Å². The molecule has 4 atom stereocenters. The van der Waals surface area contributed by atoms with Gasteiger partial charge in [-0.1, -0.05) is 19.1 Å². The van der Waals surface area contributed by atoms with Gasteiger partial charge in [0.05, 0.1) is 6.04 Å². The predicted octanol–water partition coefficient (Wildman–Crippen LogP) is 5.76. The molecule has 8 heteroatoms. The summed E-state index contributed by atoms with van der Waals surface area (Å²) in [5.41, 5.74) is 5.39. The summed E-state index contributed by atoms with van der Waals surface area (Å²) in [4.78, 5) is 27.5. The number of aromatic nitrogens is 3. The van der Waals surface area contributed by atoms with Gasteiger partial charge in [0.25, 0.3) is 5.56 Å². The van der Waals surface area contributed by atoms with Crippen LogP contribution in [0.25, 0.3) is 16.6 Å². The zero-order valence-corrected chi connectivity index (χ0v) is 21.3. The summed E-state index contributed by atoms with van der Waals surface area (Å²) in [7, 11) is 0. The van der Waals surface area contributed by atoms with Crippen LogP contribution in [-0.4, -0.2) is 44.4 Å². The van der Waals surface area contributed by atoms with Gasteiger partial charge in [-0.15, -0.1) is 0 Å². The second-order valence-corrected chi connectivity index (χ2v) is 9.97. The molecule has 0 radical (unpaired) electrons. The summed E-state index contributed by atoms with van der Waals surface area (Å²) in [6.07, 6.45) is 9.26. The first-order valence-electron chi connectivity index (χ1n) is 12.6. The first-order chi connectivity index (χ1) is 17.8. The summed E-state index contributed by atoms with van der Waals surface area (Å²) in [5.74, 6) is -1.23. The van der Waals surface area contributed by atoms with Crippen molar-refractivity contribution in [1.82, 2.24) is 19.4 Å². The van der Waals surface area contributed by atoms with Crippen LogP contribution in [-0.2, 0) is 6.54 Å². The van der Waals surface area contributed by atoms with E-state index in [2.05, 4.69) is 19.9 Å². The summed E-state index contributed by atoms with van der Waals surface area (Å²) in [6.45, 7) is 7.59. The van der Waals surface area contributed by atoms with Crippen molar-refractivity contribution in [2.24, 2.45) is 10.9 Å². The van der Waals surface area contributed by atoms with Crippen LogP contribution in [0, 0.1) is 5.92 Å². The first-order valence-corrected chi connectivity index (χ1v) is 12.6. The van der Waals surface area contributed by atoms with Gasteiger partial charge in [-0.05, 0) is 55.7 Å². The average molecular weight is 504 g/mol. The minimum atomic E-state index is -1.58. The number of aryl methyl sites for hydroxylation is 1. The van der Waals surface area contributed by atoms with Crippen LogP contribution in [0.3, 0.4) is 0 Å². The fourth-order valence-electron chi connectivity index (χ4n) is 4.91. The summed E-state index contributed by atoms with van der Waals surface area (Å²) in [6, 6.07) is 7.78. The highest BCUT2D eigenvalue weighted by molar-refractivity contribution is 5.91. The van der Waals surface area contributed by atoms with Crippen molar-refractivity contribution >= 4 is 22.3 Å². The highest BCUT2D eigenvalue weighted by Crippen LogP contribution is 2.33. The molecule has 1 saturated heterocycles. The molecule has 4 unspecified atom stereocenters. The molecular weight excluding hydrogens is 472 g/mol. The topological polar surface area (TPSA) is 66.0 Å². The van der Waals surface area contributed by atoms with Crippen LogP contribution in [0.15, 0.2) is 82.4 Å². The lowest BCUT2D eigenvalue weighted by atomic mass is 9.94. The molecule has 6 nitrogen and oxygen atoms in total. The van der Waals surface area contributed by atoms with Crippen molar-refractivity contribution in [3.05, 3.63) is 94.1 Å². The molecule has 2 aliphatic rings. The Bertz CT molecular complexity index is 1500. The van der Waals surface area contributed by atoms with Crippen LogP contribution in [0.4, 0.5) is 8.78 Å². The molecule has 0 saturated carbocycles. The van der Waals surface area contributed by atoms with Gasteiger partial charge in [-0.2, -0.15) is 0 Å². The number of allylic oxidation sites excluding steroid dienone is 5. The third kappa shape index (κ3) is 5.39. The highest BCUT2D eigenvalue weighted by atomic mass is 19.2. The van der Waals surface area contributed by atoms with Crippen LogP contribution >= 0.6 is 0 Å². The molecule has 4 heterocycles. The Labute approximate surface area is 214 Å². The lowest BCUT2D eigenvalue weighted by molar-refractivity contribution is 0.269.